The molecular weight excluding hydrogens is 1040 g/mol. The van der Waals surface area contributed by atoms with Crippen molar-refractivity contribution in [3.8, 4) is 0 Å². The van der Waals surface area contributed by atoms with Gasteiger partial charge in [0, 0.05) is 134 Å². The number of nitrogens with one attached hydrogen (secondary N) is 5. The lowest BCUT2D eigenvalue weighted by molar-refractivity contribution is -0.118. The lowest BCUT2D eigenvalue weighted by Gasteiger charge is -2.12. The Hall–Kier alpha value is -5.25. The van der Waals surface area contributed by atoms with Gasteiger partial charge in [0.2, 0.25) is 57.7 Å². The van der Waals surface area contributed by atoms with Crippen molar-refractivity contribution in [2.75, 3.05) is 269 Å². The molecule has 79 heavy (non-hydrogen) atoms. The minimum atomic E-state index is 0.478. The van der Waals surface area contributed by atoms with Gasteiger partial charge in [-0.3, -0.25) is 43.2 Å². The number of hydrogen-bond donors (Lipinski definition) is 6. The van der Waals surface area contributed by atoms with E-state index in [1.807, 2.05) is 47.2 Å². The lowest BCUT2D eigenvalue weighted by atomic mass is 10.6. The summed E-state index contributed by atoms with van der Waals surface area (Å²) >= 11 is 0. The number of likely N-dealkylation sites (N-methyl/N-ethyl adjacent to an activating group) is 10. The van der Waals surface area contributed by atoms with Crippen LogP contribution in [0.15, 0.2) is 0 Å². The summed E-state index contributed by atoms with van der Waals surface area (Å²) in [6.07, 6.45) is 6.58. The van der Waals surface area contributed by atoms with E-state index in [2.05, 4.69) is 31.5 Å². The number of ether oxygens (including phenoxy) is 7. The molecule has 0 spiro atoms. The molecule has 0 saturated heterocycles. The van der Waals surface area contributed by atoms with Crippen molar-refractivity contribution in [2.45, 2.75) is 0 Å². The van der Waals surface area contributed by atoms with Crippen molar-refractivity contribution in [3.05, 3.63) is 0 Å². The zero-order valence-corrected chi connectivity index (χ0v) is 50.2. The highest BCUT2D eigenvalue weighted by Crippen LogP contribution is 1.84. The Morgan fingerprint density at radius 2 is 0.481 bits per heavy atom. The zero-order chi connectivity index (χ0) is 61.3. The first-order chi connectivity index (χ1) is 38.0. The van der Waals surface area contributed by atoms with Crippen molar-refractivity contribution in [1.29, 1.82) is 0 Å². The normalized spacial score (nSPS) is 9.61. The molecule has 0 aromatic carbocycles. The van der Waals surface area contributed by atoms with Gasteiger partial charge in [0.25, 0.3) is 0 Å². The average Bonchev–Trinajstić information content (AvgIpc) is 3.45. The molecule has 0 fully saturated rings. The summed E-state index contributed by atoms with van der Waals surface area (Å²) < 4.78 is 36.0. The van der Waals surface area contributed by atoms with Gasteiger partial charge >= 0.3 is 0 Å². The molecule has 0 rings (SSSR count). The standard InChI is InChI=1S/C8H16N2O3.C8H18N2O2.C7H14N2O3.2C7H16N2O2.2C6H14N2O2/c1-9(7-11)3-5-13-6-4-10(2)8-12;1-9(2)4-6-12-7-5-10(3)8-11;1-9(7-11)3-5-12-4-2-8-6-10;1-9(2)4-6-11-5-3-8-7-10;1-8-3-5-11-6-4-9(2)7-10;1-8(6-9)3-5-10-4-2-7;1-7-2-4-10-5-3-8-6-9/h7-8H,3-6H2,1-2H3;8H,4-7H2,1-3H3;6-7H,2-5H2,1H3,(H,8,10);7H,3-6H2,1-2H3,(H,8,10);7-8H,3-6H2,1-2H3;6H,2-5,7H2,1H3;6-7H,2-5H2,1H3,(H,8,9). The molecule has 0 aromatic rings. The van der Waals surface area contributed by atoms with E-state index >= 15 is 0 Å². The summed E-state index contributed by atoms with van der Waals surface area (Å²) in [6, 6.07) is 0. The van der Waals surface area contributed by atoms with Crippen LogP contribution in [0.5, 0.6) is 0 Å². The molecule has 0 unspecified atom stereocenters. The van der Waals surface area contributed by atoms with Crippen LogP contribution in [0.4, 0.5) is 0 Å². The Balaban J connectivity index is -0.000000153. The number of nitrogens with two attached hydrogens (primary N) is 1. The molecule has 0 aliphatic rings. The number of rotatable bonds is 50. The molecular formula is C49H108N14O16. The van der Waals surface area contributed by atoms with Gasteiger partial charge in [0.1, 0.15) is 0 Å². The van der Waals surface area contributed by atoms with Gasteiger partial charge in [-0.05, 0) is 42.3 Å². The smallest absolute Gasteiger partial charge is 0.209 e. The van der Waals surface area contributed by atoms with Crippen LogP contribution < -0.4 is 32.3 Å². The Morgan fingerprint density at radius 3 is 0.671 bits per heavy atom. The Bertz CT molecular complexity index is 1250. The summed E-state index contributed by atoms with van der Waals surface area (Å²) in [4.78, 5) is 103. The van der Waals surface area contributed by atoms with Crippen LogP contribution in [0.25, 0.3) is 0 Å². The fraction of sp³-hybridized carbons (Fsp3) is 0.816. The summed E-state index contributed by atoms with van der Waals surface area (Å²) in [5, 5.41) is 13.4. The van der Waals surface area contributed by atoms with Crippen molar-refractivity contribution >= 4 is 57.7 Å². The first-order valence-electron chi connectivity index (χ1n) is 25.8. The SMILES string of the molecule is CN(C)CCOCCN(C)C=O.CN(C)CCOCCNC=O.CN(C=O)CCOCCN.CN(C=O)CCOCCN(C)C=O.CN(C=O)CCOCCNC=O.CNCCOCCN(C)C=O.CNCCOCCNC=O. The largest absolute Gasteiger partial charge is 0.378 e. The van der Waals surface area contributed by atoms with E-state index in [-0.39, 0.29) is 0 Å². The predicted octanol–water partition coefficient (Wildman–Crippen LogP) is -5.69. The number of hydrogen-bond acceptors (Lipinski definition) is 21. The molecule has 0 aliphatic carbocycles. The van der Waals surface area contributed by atoms with Crippen LogP contribution in [0, 0.1) is 0 Å². The van der Waals surface area contributed by atoms with E-state index in [0.717, 1.165) is 71.2 Å². The third-order valence-electron chi connectivity index (χ3n) is 8.65. The molecule has 0 atom stereocenters. The van der Waals surface area contributed by atoms with Gasteiger partial charge in [-0.2, -0.15) is 0 Å². The highest BCUT2D eigenvalue weighted by Gasteiger charge is 1.98. The van der Waals surface area contributed by atoms with Crippen LogP contribution in [0.3, 0.4) is 0 Å². The van der Waals surface area contributed by atoms with E-state index in [4.69, 9.17) is 38.9 Å². The fourth-order valence-electron chi connectivity index (χ4n) is 3.78. The first kappa shape index (κ1) is 87.6. The van der Waals surface area contributed by atoms with Gasteiger partial charge in [0.15, 0.2) is 0 Å². The second-order valence-electron chi connectivity index (χ2n) is 16.6. The van der Waals surface area contributed by atoms with Gasteiger partial charge in [-0.25, -0.2) is 0 Å². The average molecular weight is 1150 g/mol. The molecule has 30 heteroatoms. The van der Waals surface area contributed by atoms with Gasteiger partial charge in [-0.15, -0.1) is 0 Å². The highest BCUT2D eigenvalue weighted by atomic mass is 16.5. The third kappa shape index (κ3) is 106. The Kier molecular flexibility index (Phi) is 90.5. The maximum Gasteiger partial charge on any atom is 0.209 e. The van der Waals surface area contributed by atoms with Crippen LogP contribution in [-0.2, 0) is 76.3 Å². The third-order valence-corrected chi connectivity index (χ3v) is 8.65. The van der Waals surface area contributed by atoms with Gasteiger partial charge in [0.05, 0.1) is 92.5 Å². The van der Waals surface area contributed by atoms with Crippen LogP contribution in [0.1, 0.15) is 0 Å². The Morgan fingerprint density at radius 1 is 0.291 bits per heavy atom. The van der Waals surface area contributed by atoms with Crippen molar-refractivity contribution in [2.24, 2.45) is 5.73 Å². The monoisotopic (exact) mass is 1150 g/mol. The number of carbonyl (C=O) groups excluding carboxylic acids is 9. The Labute approximate surface area is 473 Å². The van der Waals surface area contributed by atoms with Crippen molar-refractivity contribution < 1.29 is 76.3 Å². The maximum atomic E-state index is 10.1. The number of amides is 9. The second kappa shape index (κ2) is 81.6. The summed E-state index contributed by atoms with van der Waals surface area (Å²) in [6.45, 7) is 17.8. The van der Waals surface area contributed by atoms with E-state index in [9.17, 15) is 43.2 Å². The minimum Gasteiger partial charge on any atom is -0.378 e. The van der Waals surface area contributed by atoms with Crippen LogP contribution in [-0.4, -0.2) is 366 Å². The number of carbonyl (C=O) groups is 9. The van der Waals surface area contributed by atoms with E-state index in [1.165, 1.54) is 19.6 Å². The van der Waals surface area contributed by atoms with E-state index < -0.39 is 0 Å². The van der Waals surface area contributed by atoms with Crippen molar-refractivity contribution in [3.63, 3.8) is 0 Å². The predicted molar refractivity (Wildman–Crippen MR) is 304 cm³/mol. The second-order valence-corrected chi connectivity index (χ2v) is 16.6. The number of nitrogens with zero attached hydrogens (tertiary/aromatic N) is 8. The quantitative estimate of drug-likeness (QED) is 0.0244. The topological polar surface area (TPSA) is 330 Å². The molecule has 0 aromatic heterocycles. The molecule has 30 nitrogen and oxygen atoms in total. The van der Waals surface area contributed by atoms with E-state index in [1.54, 1.807) is 52.1 Å². The van der Waals surface area contributed by atoms with Crippen molar-refractivity contribution in [1.82, 2.24) is 65.8 Å². The maximum absolute atomic E-state index is 10.1. The molecule has 9 amide bonds. The molecule has 0 saturated carbocycles. The molecule has 0 bridgehead atoms. The zero-order valence-electron chi connectivity index (χ0n) is 50.2. The van der Waals surface area contributed by atoms with Crippen LogP contribution in [0.2, 0.25) is 0 Å². The van der Waals surface area contributed by atoms with Gasteiger partial charge in [-0.1, -0.05) is 0 Å². The van der Waals surface area contributed by atoms with Gasteiger partial charge < -0.3 is 105 Å². The molecule has 0 radical (unpaired) electrons. The molecule has 0 aliphatic heterocycles. The fourth-order valence-corrected chi connectivity index (χ4v) is 3.78. The molecule has 7 N–H and O–H groups in total. The minimum absolute atomic E-state index is 0.478. The molecule has 0 heterocycles. The summed E-state index contributed by atoms with van der Waals surface area (Å²) in [7, 11) is 22.0. The summed E-state index contributed by atoms with van der Waals surface area (Å²) in [5.74, 6) is 0. The lowest BCUT2D eigenvalue weighted by Crippen LogP contribution is -2.25. The van der Waals surface area contributed by atoms with Crippen LogP contribution >= 0.6 is 0 Å². The first-order valence-corrected chi connectivity index (χ1v) is 25.8. The van der Waals surface area contributed by atoms with E-state index in [0.29, 0.717) is 171 Å². The highest BCUT2D eigenvalue weighted by molar-refractivity contribution is 5.48. The summed E-state index contributed by atoms with van der Waals surface area (Å²) in [5.41, 5.74) is 5.17. The molecule has 470 valence electrons.